The van der Waals surface area contributed by atoms with Crippen LogP contribution in [0.25, 0.3) is 0 Å². The molecule has 0 radical (unpaired) electrons. The van der Waals surface area contributed by atoms with Crippen molar-refractivity contribution in [3.8, 4) is 0 Å². The molecule has 0 aromatic heterocycles. The summed E-state index contributed by atoms with van der Waals surface area (Å²) in [6.45, 7) is 10.5. The minimum atomic E-state index is 0.114. The molecule has 2 nitrogen and oxygen atoms in total. The molecule has 1 aromatic rings. The second-order valence-electron chi connectivity index (χ2n) is 6.95. The second-order valence-corrected chi connectivity index (χ2v) is 7.39. The molecule has 1 amide bonds. The van der Waals surface area contributed by atoms with Crippen molar-refractivity contribution in [1.82, 2.24) is 4.90 Å². The van der Waals surface area contributed by atoms with Gasteiger partial charge in [0.05, 0.1) is 0 Å². The molecule has 2 rings (SSSR count). The number of halogens is 1. The lowest BCUT2D eigenvalue weighted by molar-refractivity contribution is 0.0608. The predicted molar refractivity (Wildman–Crippen MR) is 84.3 cm³/mol. The fourth-order valence-electron chi connectivity index (χ4n) is 2.99. The van der Waals surface area contributed by atoms with E-state index in [1.807, 2.05) is 24.0 Å². The number of nitrogens with zero attached hydrogens (tertiary/aromatic N) is 1. The van der Waals surface area contributed by atoms with Crippen LogP contribution in [0.2, 0.25) is 5.02 Å². The summed E-state index contributed by atoms with van der Waals surface area (Å²) in [7, 11) is 0. The monoisotopic (exact) mass is 293 g/mol. The summed E-state index contributed by atoms with van der Waals surface area (Å²) >= 11 is 6.05. The highest BCUT2D eigenvalue weighted by atomic mass is 35.5. The maximum absolute atomic E-state index is 12.5. The molecule has 1 fully saturated rings. The summed E-state index contributed by atoms with van der Waals surface area (Å²) in [4.78, 5) is 14.5. The van der Waals surface area contributed by atoms with Gasteiger partial charge in [0.1, 0.15) is 0 Å². The first-order chi connectivity index (χ1) is 9.27. The summed E-state index contributed by atoms with van der Waals surface area (Å²) < 4.78 is 0. The van der Waals surface area contributed by atoms with Crippen LogP contribution >= 0.6 is 11.6 Å². The van der Waals surface area contributed by atoms with Crippen molar-refractivity contribution in [2.24, 2.45) is 11.3 Å². The normalized spacial score (nSPS) is 17.4. The number of aryl methyl sites for hydroxylation is 1. The third-order valence-electron chi connectivity index (χ3n) is 4.30. The van der Waals surface area contributed by atoms with E-state index in [0.717, 1.165) is 31.5 Å². The van der Waals surface area contributed by atoms with Gasteiger partial charge in [0.2, 0.25) is 0 Å². The molecule has 0 aliphatic carbocycles. The lowest BCUT2D eigenvalue weighted by atomic mass is 9.75. The Morgan fingerprint density at radius 1 is 1.20 bits per heavy atom. The van der Waals surface area contributed by atoms with Crippen molar-refractivity contribution in [1.29, 1.82) is 0 Å². The van der Waals surface area contributed by atoms with Gasteiger partial charge in [0.15, 0.2) is 0 Å². The highest BCUT2D eigenvalue weighted by molar-refractivity contribution is 6.31. The molecule has 3 heteroatoms. The first-order valence-electron chi connectivity index (χ1n) is 7.34. The van der Waals surface area contributed by atoms with Crippen LogP contribution in [0, 0.1) is 18.3 Å². The Kier molecular flexibility index (Phi) is 4.43. The average molecular weight is 294 g/mol. The van der Waals surface area contributed by atoms with Crippen molar-refractivity contribution in [2.45, 2.75) is 40.5 Å². The van der Waals surface area contributed by atoms with E-state index in [9.17, 15) is 4.79 Å². The molecule has 1 aliphatic heterocycles. The summed E-state index contributed by atoms with van der Waals surface area (Å²) in [6.07, 6.45) is 2.18. The van der Waals surface area contributed by atoms with Gasteiger partial charge >= 0.3 is 0 Å². The van der Waals surface area contributed by atoms with Crippen LogP contribution in [-0.2, 0) is 0 Å². The quantitative estimate of drug-likeness (QED) is 0.744. The summed E-state index contributed by atoms with van der Waals surface area (Å²) in [5.41, 5.74) is 2.08. The molecule has 0 spiro atoms. The zero-order valence-electron chi connectivity index (χ0n) is 12.9. The maximum atomic E-state index is 12.5. The molecule has 20 heavy (non-hydrogen) atoms. The Morgan fingerprint density at radius 2 is 1.80 bits per heavy atom. The first kappa shape index (κ1) is 15.4. The van der Waals surface area contributed by atoms with E-state index in [1.165, 1.54) is 0 Å². The Balaban J connectivity index is 2.05. The van der Waals surface area contributed by atoms with Crippen molar-refractivity contribution in [3.63, 3.8) is 0 Å². The third kappa shape index (κ3) is 3.54. The molecule has 0 N–H and O–H groups in total. The highest BCUT2D eigenvalue weighted by Gasteiger charge is 2.30. The molecular formula is C17H24ClNO. The SMILES string of the molecule is Cc1cc(Cl)cc(C(=O)N2CCC(C(C)(C)C)CC2)c1. The fraction of sp³-hybridized carbons (Fsp3) is 0.588. The Morgan fingerprint density at radius 3 is 2.30 bits per heavy atom. The van der Waals surface area contributed by atoms with E-state index in [1.54, 1.807) is 6.07 Å². The van der Waals surface area contributed by atoms with Gasteiger partial charge in [0.25, 0.3) is 5.91 Å². The van der Waals surface area contributed by atoms with Gasteiger partial charge in [-0.3, -0.25) is 4.79 Å². The van der Waals surface area contributed by atoms with Crippen LogP contribution in [0.15, 0.2) is 18.2 Å². The lowest BCUT2D eigenvalue weighted by Crippen LogP contribution is -2.41. The average Bonchev–Trinajstić information content (AvgIpc) is 2.36. The number of amides is 1. The second kappa shape index (κ2) is 5.77. The largest absolute Gasteiger partial charge is 0.339 e. The standard InChI is InChI=1S/C17H24ClNO/c1-12-9-13(11-15(18)10-12)16(20)19-7-5-14(6-8-19)17(2,3)4/h9-11,14H,5-8H2,1-4H3. The highest BCUT2D eigenvalue weighted by Crippen LogP contribution is 2.34. The summed E-state index contributed by atoms with van der Waals surface area (Å²) in [6, 6.07) is 5.57. The number of hydrogen-bond acceptors (Lipinski definition) is 1. The van der Waals surface area contributed by atoms with Crippen molar-refractivity contribution in [3.05, 3.63) is 34.3 Å². The van der Waals surface area contributed by atoms with Gasteiger partial charge in [0, 0.05) is 23.7 Å². The number of rotatable bonds is 1. The summed E-state index contributed by atoms with van der Waals surface area (Å²) in [5, 5.41) is 0.637. The Hall–Kier alpha value is -1.02. The number of carbonyl (C=O) groups is 1. The number of piperidine rings is 1. The van der Waals surface area contributed by atoms with Crippen LogP contribution in [0.1, 0.15) is 49.5 Å². The minimum absolute atomic E-state index is 0.114. The van der Waals surface area contributed by atoms with E-state index in [-0.39, 0.29) is 5.91 Å². The smallest absolute Gasteiger partial charge is 0.253 e. The molecule has 1 heterocycles. The van der Waals surface area contributed by atoms with Gasteiger partial charge in [-0.1, -0.05) is 32.4 Å². The van der Waals surface area contributed by atoms with E-state index < -0.39 is 0 Å². The Labute approximate surface area is 127 Å². The van der Waals surface area contributed by atoms with E-state index in [4.69, 9.17) is 11.6 Å². The van der Waals surface area contributed by atoms with Crippen LogP contribution in [0.5, 0.6) is 0 Å². The zero-order chi connectivity index (χ0) is 14.9. The topological polar surface area (TPSA) is 20.3 Å². The molecule has 0 atom stereocenters. The fourth-order valence-corrected chi connectivity index (χ4v) is 3.28. The third-order valence-corrected chi connectivity index (χ3v) is 4.51. The van der Waals surface area contributed by atoms with Gasteiger partial charge in [-0.05, 0) is 54.9 Å². The number of hydrogen-bond donors (Lipinski definition) is 0. The molecular weight excluding hydrogens is 270 g/mol. The molecule has 0 unspecified atom stereocenters. The van der Waals surface area contributed by atoms with Crippen LogP contribution < -0.4 is 0 Å². The molecule has 0 bridgehead atoms. The van der Waals surface area contributed by atoms with Crippen LogP contribution in [0.3, 0.4) is 0 Å². The molecule has 110 valence electrons. The first-order valence-corrected chi connectivity index (χ1v) is 7.71. The summed E-state index contributed by atoms with van der Waals surface area (Å²) in [5.74, 6) is 0.815. The van der Waals surface area contributed by atoms with Gasteiger partial charge < -0.3 is 4.90 Å². The molecule has 0 saturated carbocycles. The van der Waals surface area contributed by atoms with Gasteiger partial charge in [-0.2, -0.15) is 0 Å². The zero-order valence-corrected chi connectivity index (χ0v) is 13.6. The molecule has 1 saturated heterocycles. The van der Waals surface area contributed by atoms with Crippen molar-refractivity contribution in [2.75, 3.05) is 13.1 Å². The molecule has 1 aliphatic rings. The van der Waals surface area contributed by atoms with Crippen molar-refractivity contribution >= 4 is 17.5 Å². The van der Waals surface area contributed by atoms with Crippen LogP contribution in [-0.4, -0.2) is 23.9 Å². The number of likely N-dealkylation sites (tertiary alicyclic amines) is 1. The van der Waals surface area contributed by atoms with E-state index in [0.29, 0.717) is 21.9 Å². The van der Waals surface area contributed by atoms with Crippen LogP contribution in [0.4, 0.5) is 0 Å². The predicted octanol–water partition coefficient (Wildman–Crippen LogP) is 4.55. The van der Waals surface area contributed by atoms with E-state index >= 15 is 0 Å². The van der Waals surface area contributed by atoms with Gasteiger partial charge in [-0.15, -0.1) is 0 Å². The maximum Gasteiger partial charge on any atom is 0.253 e. The minimum Gasteiger partial charge on any atom is -0.339 e. The number of carbonyl (C=O) groups excluding carboxylic acids is 1. The van der Waals surface area contributed by atoms with Gasteiger partial charge in [-0.25, -0.2) is 0 Å². The Bertz CT molecular complexity index is 476. The lowest BCUT2D eigenvalue weighted by Gasteiger charge is -2.38. The number of benzene rings is 1. The van der Waals surface area contributed by atoms with Crippen molar-refractivity contribution < 1.29 is 4.79 Å². The van der Waals surface area contributed by atoms with E-state index in [2.05, 4.69) is 20.8 Å². The molecule has 1 aromatic carbocycles.